The van der Waals surface area contributed by atoms with E-state index >= 15 is 0 Å². The van der Waals surface area contributed by atoms with Crippen LogP contribution in [0.1, 0.15) is 30.4 Å². The number of halogens is 1. The third kappa shape index (κ3) is 4.51. The number of hydrogen-bond acceptors (Lipinski definition) is 3. The number of nitrogens with one attached hydrogen (secondary N) is 1. The molecule has 4 rings (SSSR count). The number of aryl methyl sites for hydroxylation is 1. The second-order valence-electron chi connectivity index (χ2n) is 7.93. The fraction of sp³-hybridized carbons (Fsp3) is 0.348. The maximum Gasteiger partial charge on any atom is 0.252 e. The molecule has 0 bridgehead atoms. The van der Waals surface area contributed by atoms with Crippen LogP contribution >= 0.6 is 12.2 Å². The molecule has 0 spiro atoms. The maximum atomic E-state index is 13.2. The van der Waals surface area contributed by atoms with Gasteiger partial charge in [-0.05, 0) is 68.2 Å². The van der Waals surface area contributed by atoms with E-state index in [2.05, 4.69) is 5.32 Å². The lowest BCUT2D eigenvalue weighted by Gasteiger charge is -2.24. The van der Waals surface area contributed by atoms with Crippen molar-refractivity contribution in [2.45, 2.75) is 44.7 Å². The largest absolute Gasteiger partial charge is 0.336 e. The topological polar surface area (TPSA) is 52.7 Å². The number of benzene rings is 2. The molecular formula is C23H24FN3O2S. The molecule has 1 atom stereocenters. The molecule has 30 heavy (non-hydrogen) atoms. The van der Waals surface area contributed by atoms with Crippen molar-refractivity contribution in [3.05, 3.63) is 65.5 Å². The van der Waals surface area contributed by atoms with E-state index in [0.29, 0.717) is 23.8 Å². The van der Waals surface area contributed by atoms with E-state index in [-0.39, 0.29) is 30.1 Å². The van der Waals surface area contributed by atoms with Crippen LogP contribution in [0, 0.1) is 12.7 Å². The van der Waals surface area contributed by atoms with Gasteiger partial charge < -0.3 is 10.2 Å². The molecule has 0 unspecified atom stereocenters. The monoisotopic (exact) mass is 425 g/mol. The molecule has 2 aromatic rings. The number of nitrogens with zero attached hydrogens (tertiary/aromatic N) is 2. The van der Waals surface area contributed by atoms with E-state index in [0.717, 1.165) is 24.0 Å². The van der Waals surface area contributed by atoms with Crippen LogP contribution in [-0.4, -0.2) is 45.4 Å². The van der Waals surface area contributed by atoms with E-state index in [1.165, 1.54) is 12.1 Å². The van der Waals surface area contributed by atoms with Crippen molar-refractivity contribution in [1.29, 1.82) is 0 Å². The number of carbonyl (C=O) groups excluding carboxylic acids is 2. The summed E-state index contributed by atoms with van der Waals surface area (Å²) in [5.41, 5.74) is 2.77. The zero-order chi connectivity index (χ0) is 21.3. The molecule has 1 N–H and O–H groups in total. The maximum absolute atomic E-state index is 13.2. The van der Waals surface area contributed by atoms with E-state index in [1.807, 2.05) is 36.1 Å². The number of rotatable bonds is 7. The third-order valence-electron chi connectivity index (χ3n) is 5.53. The summed E-state index contributed by atoms with van der Waals surface area (Å²) < 4.78 is 13.2. The molecule has 5 nitrogen and oxygen atoms in total. The standard InChI is InChI=1S/C23H24FN3O2S/c1-15-2-8-18(9-3-15)25-21(28)14-20-22(29)27(19-10-11-19)23(30)26(20)13-12-16-4-6-17(24)7-5-16/h2-9,19-20H,10-14H2,1H3,(H,25,28)/t20-/m0/s1. The van der Waals surface area contributed by atoms with Gasteiger partial charge in [0.1, 0.15) is 11.9 Å². The predicted octanol–water partition coefficient (Wildman–Crippen LogP) is 3.67. The molecule has 156 valence electrons. The number of thiocarbonyl (C=S) groups is 1. The number of amides is 2. The first-order valence-corrected chi connectivity index (χ1v) is 10.6. The van der Waals surface area contributed by atoms with Gasteiger partial charge in [-0.15, -0.1) is 0 Å². The highest BCUT2D eigenvalue weighted by Gasteiger charge is 2.48. The minimum absolute atomic E-state index is 0.0412. The van der Waals surface area contributed by atoms with Gasteiger partial charge in [0.25, 0.3) is 5.91 Å². The Morgan fingerprint density at radius 3 is 2.43 bits per heavy atom. The summed E-state index contributed by atoms with van der Waals surface area (Å²) in [6, 6.07) is 13.4. The van der Waals surface area contributed by atoms with Gasteiger partial charge in [-0.3, -0.25) is 14.5 Å². The second-order valence-corrected chi connectivity index (χ2v) is 8.29. The lowest BCUT2D eigenvalue weighted by Crippen LogP contribution is -2.39. The quantitative estimate of drug-likeness (QED) is 0.688. The first-order valence-electron chi connectivity index (χ1n) is 10.2. The molecule has 2 fully saturated rings. The summed E-state index contributed by atoms with van der Waals surface area (Å²) >= 11 is 5.60. The van der Waals surface area contributed by atoms with Crippen molar-refractivity contribution in [1.82, 2.24) is 9.80 Å². The molecule has 1 aliphatic heterocycles. The Labute approximate surface area is 180 Å². The fourth-order valence-electron chi connectivity index (χ4n) is 3.70. The van der Waals surface area contributed by atoms with Crippen LogP contribution in [0.2, 0.25) is 0 Å². The van der Waals surface area contributed by atoms with Crippen molar-refractivity contribution in [2.75, 3.05) is 11.9 Å². The Morgan fingerprint density at radius 1 is 1.13 bits per heavy atom. The Kier molecular flexibility index (Phi) is 5.81. The van der Waals surface area contributed by atoms with Crippen LogP contribution in [-0.2, 0) is 16.0 Å². The summed E-state index contributed by atoms with van der Waals surface area (Å²) in [4.78, 5) is 29.3. The average Bonchev–Trinajstić information content (AvgIpc) is 3.52. The van der Waals surface area contributed by atoms with Crippen molar-refractivity contribution in [3.8, 4) is 0 Å². The molecule has 2 aliphatic rings. The number of anilines is 1. The molecule has 1 aliphatic carbocycles. The van der Waals surface area contributed by atoms with Gasteiger partial charge in [-0.25, -0.2) is 4.39 Å². The first-order chi connectivity index (χ1) is 14.4. The molecule has 1 saturated heterocycles. The van der Waals surface area contributed by atoms with Crippen LogP contribution in [0.25, 0.3) is 0 Å². The van der Waals surface area contributed by atoms with Gasteiger partial charge in [0.15, 0.2) is 5.11 Å². The van der Waals surface area contributed by atoms with E-state index in [9.17, 15) is 14.0 Å². The van der Waals surface area contributed by atoms with E-state index in [4.69, 9.17) is 12.2 Å². The van der Waals surface area contributed by atoms with Gasteiger partial charge in [0.05, 0.1) is 6.42 Å². The first kappa shape index (κ1) is 20.5. The lowest BCUT2D eigenvalue weighted by molar-refractivity contribution is -0.131. The Balaban J connectivity index is 1.46. The minimum Gasteiger partial charge on any atom is -0.336 e. The highest BCUT2D eigenvalue weighted by molar-refractivity contribution is 7.80. The van der Waals surface area contributed by atoms with Crippen LogP contribution in [0.15, 0.2) is 48.5 Å². The Hall–Kier alpha value is -2.80. The highest BCUT2D eigenvalue weighted by Crippen LogP contribution is 2.34. The fourth-order valence-corrected chi connectivity index (χ4v) is 4.16. The SMILES string of the molecule is Cc1ccc(NC(=O)C[C@H]2C(=O)N(C3CC3)C(=S)N2CCc2ccc(F)cc2)cc1. The predicted molar refractivity (Wildman–Crippen MR) is 117 cm³/mol. The smallest absolute Gasteiger partial charge is 0.252 e. The molecule has 2 aromatic carbocycles. The van der Waals surface area contributed by atoms with Gasteiger partial charge in [0.2, 0.25) is 5.91 Å². The summed E-state index contributed by atoms with van der Waals surface area (Å²) in [5, 5.41) is 3.37. The van der Waals surface area contributed by atoms with Crippen LogP contribution in [0.4, 0.5) is 10.1 Å². The Bertz CT molecular complexity index is 957. The zero-order valence-electron chi connectivity index (χ0n) is 16.8. The summed E-state index contributed by atoms with van der Waals surface area (Å²) in [6.45, 7) is 2.48. The van der Waals surface area contributed by atoms with Gasteiger partial charge >= 0.3 is 0 Å². The molecule has 2 amide bonds. The third-order valence-corrected chi connectivity index (χ3v) is 5.96. The van der Waals surface area contributed by atoms with Crippen LogP contribution in [0.5, 0.6) is 0 Å². The number of carbonyl (C=O) groups is 2. The summed E-state index contributed by atoms with van der Waals surface area (Å²) in [5.74, 6) is -0.596. The zero-order valence-corrected chi connectivity index (χ0v) is 17.6. The summed E-state index contributed by atoms with van der Waals surface area (Å²) in [6.07, 6.45) is 2.54. The van der Waals surface area contributed by atoms with Gasteiger partial charge in [-0.2, -0.15) is 0 Å². The van der Waals surface area contributed by atoms with Crippen molar-refractivity contribution in [2.24, 2.45) is 0 Å². The number of hydrogen-bond donors (Lipinski definition) is 1. The van der Waals surface area contributed by atoms with Crippen LogP contribution < -0.4 is 5.32 Å². The molecule has 0 aromatic heterocycles. The lowest BCUT2D eigenvalue weighted by atomic mass is 10.1. The van der Waals surface area contributed by atoms with Crippen LogP contribution in [0.3, 0.4) is 0 Å². The van der Waals surface area contributed by atoms with Gasteiger partial charge in [-0.1, -0.05) is 29.8 Å². The summed E-state index contributed by atoms with van der Waals surface area (Å²) in [7, 11) is 0. The average molecular weight is 426 g/mol. The van der Waals surface area contributed by atoms with Crippen molar-refractivity contribution in [3.63, 3.8) is 0 Å². The molecule has 1 saturated carbocycles. The highest BCUT2D eigenvalue weighted by atomic mass is 32.1. The Morgan fingerprint density at radius 2 is 1.80 bits per heavy atom. The second kappa shape index (κ2) is 8.52. The minimum atomic E-state index is -0.607. The van der Waals surface area contributed by atoms with Gasteiger partial charge in [0, 0.05) is 18.3 Å². The van der Waals surface area contributed by atoms with Crippen molar-refractivity contribution < 1.29 is 14.0 Å². The molecule has 7 heteroatoms. The normalized spacial score (nSPS) is 18.8. The molecular weight excluding hydrogens is 401 g/mol. The molecule has 0 radical (unpaired) electrons. The van der Waals surface area contributed by atoms with E-state index < -0.39 is 6.04 Å². The van der Waals surface area contributed by atoms with E-state index in [1.54, 1.807) is 17.0 Å². The van der Waals surface area contributed by atoms with Crippen molar-refractivity contribution >= 4 is 34.8 Å². The molecule has 1 heterocycles.